The molecule has 0 saturated carbocycles. The van der Waals surface area contributed by atoms with Crippen LogP contribution >= 0.6 is 0 Å². The van der Waals surface area contributed by atoms with Crippen LogP contribution in [0.25, 0.3) is 0 Å². The van der Waals surface area contributed by atoms with Gasteiger partial charge in [0, 0.05) is 13.0 Å². The minimum absolute atomic E-state index is 0.0182. The molecule has 0 spiro atoms. The second-order valence-electron chi connectivity index (χ2n) is 6.48. The molecule has 7 nitrogen and oxygen atoms in total. The average molecular weight is 398 g/mol. The van der Waals surface area contributed by atoms with Gasteiger partial charge in [-0.25, -0.2) is 0 Å². The number of benzene rings is 2. The molecule has 0 aliphatic heterocycles. The Balaban J connectivity index is 1.86. The highest BCUT2D eigenvalue weighted by atomic mass is 16.5. The second kappa shape index (κ2) is 12.3. The maximum absolute atomic E-state index is 12.3. The van der Waals surface area contributed by atoms with Gasteiger partial charge in [-0.3, -0.25) is 14.4 Å². The van der Waals surface area contributed by atoms with Crippen LogP contribution in [-0.2, 0) is 32.1 Å². The maximum atomic E-state index is 12.3. The van der Waals surface area contributed by atoms with Crippen LogP contribution in [0.1, 0.15) is 24.0 Å². The first kappa shape index (κ1) is 22.1. The molecule has 0 fully saturated rings. The molecule has 2 aromatic carbocycles. The van der Waals surface area contributed by atoms with Crippen molar-refractivity contribution in [3.05, 3.63) is 71.8 Å². The van der Waals surface area contributed by atoms with Crippen LogP contribution in [0.3, 0.4) is 0 Å². The van der Waals surface area contributed by atoms with Gasteiger partial charge in [0.25, 0.3) is 0 Å². The third-order valence-electron chi connectivity index (χ3n) is 4.15. The molecule has 154 valence electrons. The monoisotopic (exact) mass is 398 g/mol. The van der Waals surface area contributed by atoms with Crippen molar-refractivity contribution in [2.24, 2.45) is 0 Å². The van der Waals surface area contributed by atoms with E-state index in [4.69, 9.17) is 9.84 Å². The van der Waals surface area contributed by atoms with Gasteiger partial charge < -0.3 is 20.5 Å². The van der Waals surface area contributed by atoms with Gasteiger partial charge in [0.05, 0.1) is 13.0 Å². The summed E-state index contributed by atoms with van der Waals surface area (Å²) < 4.78 is 5.22. The van der Waals surface area contributed by atoms with Gasteiger partial charge in [-0.2, -0.15) is 0 Å². The smallest absolute Gasteiger partial charge is 0.306 e. The summed E-state index contributed by atoms with van der Waals surface area (Å²) in [5, 5.41) is 14.1. The predicted molar refractivity (Wildman–Crippen MR) is 108 cm³/mol. The normalized spacial score (nSPS) is 11.3. The molecule has 0 aliphatic rings. The zero-order chi connectivity index (χ0) is 20.9. The van der Waals surface area contributed by atoms with E-state index in [1.165, 1.54) is 0 Å². The number of esters is 1. The van der Waals surface area contributed by atoms with Gasteiger partial charge in [-0.1, -0.05) is 60.7 Å². The van der Waals surface area contributed by atoms with Crippen molar-refractivity contribution in [1.82, 2.24) is 10.6 Å². The fourth-order valence-electron chi connectivity index (χ4n) is 2.67. The first-order valence-electron chi connectivity index (χ1n) is 9.50. The molecule has 2 amide bonds. The largest absolute Gasteiger partial charge is 0.461 e. The summed E-state index contributed by atoms with van der Waals surface area (Å²) in [5.41, 5.74) is 1.69. The van der Waals surface area contributed by atoms with Crippen molar-refractivity contribution in [1.29, 1.82) is 0 Å². The third kappa shape index (κ3) is 8.57. The number of amides is 2. The molecule has 1 atom stereocenters. The van der Waals surface area contributed by atoms with E-state index in [1.807, 2.05) is 60.7 Å². The van der Waals surface area contributed by atoms with Gasteiger partial charge in [-0.05, 0) is 17.5 Å². The number of hydrogen-bond acceptors (Lipinski definition) is 5. The molecule has 2 rings (SSSR count). The molecular formula is C22H26N2O5. The van der Waals surface area contributed by atoms with E-state index in [1.54, 1.807) is 0 Å². The second-order valence-corrected chi connectivity index (χ2v) is 6.48. The number of carbonyl (C=O) groups is 3. The van der Waals surface area contributed by atoms with Crippen LogP contribution in [0.2, 0.25) is 0 Å². The van der Waals surface area contributed by atoms with Gasteiger partial charge >= 0.3 is 5.97 Å². The summed E-state index contributed by atoms with van der Waals surface area (Å²) in [6.45, 7) is 0.0132. The van der Waals surface area contributed by atoms with E-state index >= 15 is 0 Å². The van der Waals surface area contributed by atoms with Gasteiger partial charge in [0.1, 0.15) is 12.6 Å². The number of carbonyl (C=O) groups excluding carboxylic acids is 3. The van der Waals surface area contributed by atoms with Crippen LogP contribution in [0.15, 0.2) is 60.7 Å². The standard InChI is InChI=1S/C22H26N2O5/c25-14-13-23-22(28)19(24-20(26)15-17-7-3-1-4-8-17)11-12-21(27)29-16-18-9-5-2-6-10-18/h1-10,19,25H,11-16H2,(H,23,28)(H,24,26). The molecule has 0 aliphatic carbocycles. The average Bonchev–Trinajstić information content (AvgIpc) is 2.74. The molecule has 0 heterocycles. The first-order chi connectivity index (χ1) is 14.1. The van der Waals surface area contributed by atoms with Gasteiger partial charge in [0.2, 0.25) is 11.8 Å². The predicted octanol–water partition coefficient (Wildman–Crippen LogP) is 1.35. The lowest BCUT2D eigenvalue weighted by molar-refractivity contribution is -0.145. The van der Waals surface area contributed by atoms with E-state index in [9.17, 15) is 14.4 Å². The number of aliphatic hydroxyl groups is 1. The van der Waals surface area contributed by atoms with E-state index in [-0.39, 0.29) is 44.9 Å². The molecule has 0 saturated heterocycles. The van der Waals surface area contributed by atoms with E-state index < -0.39 is 17.9 Å². The maximum Gasteiger partial charge on any atom is 0.306 e. The van der Waals surface area contributed by atoms with Crippen molar-refractivity contribution >= 4 is 17.8 Å². The Bertz CT molecular complexity index is 780. The summed E-state index contributed by atoms with van der Waals surface area (Å²) in [7, 11) is 0. The fourth-order valence-corrected chi connectivity index (χ4v) is 2.67. The minimum Gasteiger partial charge on any atom is -0.461 e. The van der Waals surface area contributed by atoms with Crippen molar-refractivity contribution < 1.29 is 24.2 Å². The van der Waals surface area contributed by atoms with Crippen LogP contribution in [-0.4, -0.2) is 42.1 Å². The van der Waals surface area contributed by atoms with Gasteiger partial charge in [-0.15, -0.1) is 0 Å². The molecular weight excluding hydrogens is 372 g/mol. The quantitative estimate of drug-likeness (QED) is 0.496. The Morgan fingerprint density at radius 1 is 0.931 bits per heavy atom. The van der Waals surface area contributed by atoms with Crippen LogP contribution in [0.4, 0.5) is 0 Å². The minimum atomic E-state index is -0.887. The van der Waals surface area contributed by atoms with Crippen molar-refractivity contribution in [2.75, 3.05) is 13.2 Å². The van der Waals surface area contributed by atoms with Crippen LogP contribution in [0, 0.1) is 0 Å². The molecule has 3 N–H and O–H groups in total. The summed E-state index contributed by atoms with van der Waals surface area (Å²) in [6.07, 6.45) is 0.212. The highest BCUT2D eigenvalue weighted by Gasteiger charge is 2.22. The SMILES string of the molecule is O=C(Cc1ccccc1)NC(CCC(=O)OCc1ccccc1)C(=O)NCCO. The summed E-state index contributed by atoms with van der Waals surface area (Å²) in [5.74, 6) is -1.22. The highest BCUT2D eigenvalue weighted by Crippen LogP contribution is 2.06. The molecule has 0 aromatic heterocycles. The Morgan fingerprint density at radius 2 is 1.55 bits per heavy atom. The Labute approximate surface area is 170 Å². The van der Waals surface area contributed by atoms with Gasteiger partial charge in [0.15, 0.2) is 0 Å². The van der Waals surface area contributed by atoms with E-state index in [0.717, 1.165) is 11.1 Å². The van der Waals surface area contributed by atoms with Crippen molar-refractivity contribution in [3.63, 3.8) is 0 Å². The zero-order valence-corrected chi connectivity index (χ0v) is 16.2. The first-order valence-corrected chi connectivity index (χ1v) is 9.50. The number of hydrogen-bond donors (Lipinski definition) is 3. The summed E-state index contributed by atoms with van der Waals surface area (Å²) >= 11 is 0. The van der Waals surface area contributed by atoms with E-state index in [0.29, 0.717) is 0 Å². The van der Waals surface area contributed by atoms with Crippen molar-refractivity contribution in [3.8, 4) is 0 Å². The molecule has 2 aromatic rings. The van der Waals surface area contributed by atoms with Crippen molar-refractivity contribution in [2.45, 2.75) is 31.9 Å². The lowest BCUT2D eigenvalue weighted by Crippen LogP contribution is -2.48. The Morgan fingerprint density at radius 3 is 2.17 bits per heavy atom. The Hall–Kier alpha value is -3.19. The number of ether oxygens (including phenoxy) is 1. The fraction of sp³-hybridized carbons (Fsp3) is 0.318. The zero-order valence-electron chi connectivity index (χ0n) is 16.2. The number of aliphatic hydroxyl groups excluding tert-OH is 1. The summed E-state index contributed by atoms with van der Waals surface area (Å²) in [4.78, 5) is 36.6. The highest BCUT2D eigenvalue weighted by molar-refractivity contribution is 5.88. The summed E-state index contributed by atoms with van der Waals surface area (Å²) in [6, 6.07) is 17.6. The third-order valence-corrected chi connectivity index (χ3v) is 4.15. The van der Waals surface area contributed by atoms with E-state index in [2.05, 4.69) is 10.6 Å². The number of rotatable bonds is 11. The topological polar surface area (TPSA) is 105 Å². The molecule has 0 radical (unpaired) electrons. The Kier molecular flexibility index (Phi) is 9.38. The molecule has 7 heteroatoms. The molecule has 29 heavy (non-hydrogen) atoms. The van der Waals surface area contributed by atoms with Crippen LogP contribution < -0.4 is 10.6 Å². The number of nitrogens with one attached hydrogen (secondary N) is 2. The lowest BCUT2D eigenvalue weighted by atomic mass is 10.1. The van der Waals surface area contributed by atoms with Crippen LogP contribution in [0.5, 0.6) is 0 Å². The molecule has 0 bridgehead atoms. The lowest BCUT2D eigenvalue weighted by Gasteiger charge is -2.18. The molecule has 1 unspecified atom stereocenters.